The molecule has 2 saturated heterocycles. The lowest BCUT2D eigenvalue weighted by Gasteiger charge is -2.34. The van der Waals surface area contributed by atoms with Gasteiger partial charge in [0.25, 0.3) is 0 Å². The molecule has 2 fully saturated rings. The molecule has 14 rings (SSSR count). The number of benzene rings is 8. The molecule has 8 aromatic rings. The van der Waals surface area contributed by atoms with Crippen LogP contribution in [0.15, 0.2) is 182 Å². The van der Waals surface area contributed by atoms with Crippen LogP contribution in [0.1, 0.15) is 128 Å². The van der Waals surface area contributed by atoms with Crippen LogP contribution in [0.3, 0.4) is 0 Å². The lowest BCUT2D eigenvalue weighted by molar-refractivity contribution is 0.0626. The first-order chi connectivity index (χ1) is 38.5. The third-order valence-electron chi connectivity index (χ3n) is 18.1. The number of epoxide rings is 2. The van der Waals surface area contributed by atoms with Crippen molar-refractivity contribution in [3.8, 4) is 23.0 Å². The minimum Gasteiger partial charge on any atom is -0.491 e. The van der Waals surface area contributed by atoms with E-state index in [4.69, 9.17) is 28.4 Å². The number of hydrogen-bond acceptors (Lipinski definition) is 7. The van der Waals surface area contributed by atoms with Gasteiger partial charge in [0.15, 0.2) is 0 Å². The second-order valence-electron chi connectivity index (χ2n) is 22.9. The summed E-state index contributed by atoms with van der Waals surface area (Å²) >= 11 is 0. The van der Waals surface area contributed by atoms with Crippen molar-refractivity contribution < 1.29 is 33.5 Å². The summed E-state index contributed by atoms with van der Waals surface area (Å²) < 4.78 is 35.9. The zero-order chi connectivity index (χ0) is 52.0. The molecule has 2 aliphatic heterocycles. The molecule has 0 radical (unpaired) electrons. The van der Waals surface area contributed by atoms with Gasteiger partial charge in [0.2, 0.25) is 0 Å². The second kappa shape index (κ2) is 20.9. The van der Waals surface area contributed by atoms with Crippen LogP contribution in [0, 0.1) is 0 Å². The van der Waals surface area contributed by atoms with Crippen LogP contribution in [-0.4, -0.2) is 63.1 Å². The highest BCUT2D eigenvalue weighted by molar-refractivity contribution is 5.65. The second-order valence-corrected chi connectivity index (χ2v) is 22.9. The Morgan fingerprint density at radius 1 is 0.410 bits per heavy atom. The van der Waals surface area contributed by atoms with Gasteiger partial charge in [0, 0.05) is 22.7 Å². The maximum absolute atomic E-state index is 11.4. The highest BCUT2D eigenvalue weighted by Gasteiger charge is 2.49. The van der Waals surface area contributed by atoms with Crippen molar-refractivity contribution in [3.05, 3.63) is 260 Å². The molecule has 0 bridgehead atoms. The molecule has 6 aliphatic rings. The zero-order valence-corrected chi connectivity index (χ0v) is 44.4. The highest BCUT2D eigenvalue weighted by Crippen LogP contribution is 2.59. The summed E-state index contributed by atoms with van der Waals surface area (Å²) in [5, 5.41) is 11.4. The Bertz CT molecular complexity index is 3160. The Hall–Kier alpha value is -7.16. The fraction of sp³-hybridized carbons (Fsp3) is 0.324. The molecule has 2 heterocycles. The summed E-state index contributed by atoms with van der Waals surface area (Å²) in [6, 6.07) is 67.2. The molecular weight excluding hydrogens is 965 g/mol. The van der Waals surface area contributed by atoms with E-state index >= 15 is 0 Å². The van der Waals surface area contributed by atoms with Gasteiger partial charge >= 0.3 is 0 Å². The molecule has 0 aromatic heterocycles. The molecule has 0 saturated carbocycles. The number of rotatable bonds is 18. The van der Waals surface area contributed by atoms with Crippen molar-refractivity contribution in [2.45, 2.75) is 105 Å². The zero-order valence-electron chi connectivity index (χ0n) is 44.4. The third kappa shape index (κ3) is 9.48. The van der Waals surface area contributed by atoms with Crippen LogP contribution in [0.2, 0.25) is 0 Å². The molecule has 7 nitrogen and oxygen atoms in total. The van der Waals surface area contributed by atoms with Crippen LogP contribution in [0.25, 0.3) is 0 Å². The van der Waals surface area contributed by atoms with E-state index in [1.807, 2.05) is 0 Å². The summed E-state index contributed by atoms with van der Waals surface area (Å²) in [6.07, 6.45) is 10.8. The normalized spacial score (nSPS) is 23.8. The number of aliphatic hydroxyl groups is 1. The number of ether oxygens (including phenoxy) is 6. The SMILES string of the molecule is OC(COc1ccc(C2(c3ccc(OCC4CO4)cc3)CC(c3ccccc3)c3cc4c(cc32)CCCC4)cc1)COc1ccc(C2(c3ccc(OCC4CO4)cc3)CC(c3ccccc3)c3cc4c(cc32)CCCC4)cc1. The van der Waals surface area contributed by atoms with E-state index < -0.39 is 16.9 Å². The van der Waals surface area contributed by atoms with Crippen LogP contribution < -0.4 is 18.9 Å². The topological polar surface area (TPSA) is 82.2 Å². The first-order valence-corrected chi connectivity index (χ1v) is 28.7. The maximum atomic E-state index is 11.4. The Balaban J connectivity index is 0.711. The first-order valence-electron chi connectivity index (χ1n) is 28.7. The predicted octanol–water partition coefficient (Wildman–Crippen LogP) is 13.6. The van der Waals surface area contributed by atoms with Gasteiger partial charge in [-0.25, -0.2) is 0 Å². The maximum Gasteiger partial charge on any atom is 0.122 e. The first kappa shape index (κ1) is 49.2. The van der Waals surface area contributed by atoms with Gasteiger partial charge in [-0.1, -0.05) is 133 Å². The Morgan fingerprint density at radius 3 is 1.06 bits per heavy atom. The fourth-order valence-corrected chi connectivity index (χ4v) is 13.9. The Kier molecular flexibility index (Phi) is 13.2. The van der Waals surface area contributed by atoms with E-state index in [9.17, 15) is 5.11 Å². The van der Waals surface area contributed by atoms with Gasteiger partial charge < -0.3 is 33.5 Å². The lowest BCUT2D eigenvalue weighted by atomic mass is 9.69. The molecule has 0 amide bonds. The number of aryl methyl sites for hydroxylation is 4. The fourth-order valence-electron chi connectivity index (χ4n) is 13.9. The number of hydrogen-bond donors (Lipinski definition) is 1. The van der Waals surface area contributed by atoms with Crippen LogP contribution in [-0.2, 0) is 46.0 Å². The van der Waals surface area contributed by atoms with E-state index in [-0.39, 0.29) is 37.3 Å². The average Bonchev–Trinajstić information content (AvgIpc) is 3.93. The smallest absolute Gasteiger partial charge is 0.122 e. The summed E-state index contributed by atoms with van der Waals surface area (Å²) in [6.45, 7) is 2.88. The number of fused-ring (bicyclic) bond motifs is 4. The average molecular weight is 1030 g/mol. The van der Waals surface area contributed by atoms with Crippen LogP contribution >= 0.6 is 0 Å². The van der Waals surface area contributed by atoms with E-state index in [1.165, 1.54) is 104 Å². The predicted molar refractivity (Wildman–Crippen MR) is 305 cm³/mol. The minimum absolute atomic E-state index is 0.0967. The van der Waals surface area contributed by atoms with Crippen molar-refractivity contribution in [1.29, 1.82) is 0 Å². The van der Waals surface area contributed by atoms with Crippen molar-refractivity contribution >= 4 is 0 Å². The van der Waals surface area contributed by atoms with Gasteiger partial charge in [-0.3, -0.25) is 0 Å². The third-order valence-corrected chi connectivity index (χ3v) is 18.1. The highest BCUT2D eigenvalue weighted by atomic mass is 16.6. The molecule has 0 spiro atoms. The standard InChI is InChI=1S/C71H68O7/c72-57(41-73-58-27-19-53(20-28-58)70(55-23-31-60(32-24-55)75-43-62-45-77-62)39-66(47-11-3-1-4-12-47)64-35-49-15-7-9-17-51(49)37-68(64)70)42-74-59-29-21-54(22-30-59)71(56-25-33-61(34-26-56)76-44-63-46-78-63)40-67(48-13-5-2-6-14-48)65-36-50-16-8-10-18-52(50)38-69(65)71/h1-6,11-14,19-38,57,62-63,66-67,72H,7-10,15-18,39-46H2. The van der Waals surface area contributed by atoms with E-state index in [2.05, 4.69) is 182 Å². The van der Waals surface area contributed by atoms with Gasteiger partial charge in [-0.05, 0) is 191 Å². The summed E-state index contributed by atoms with van der Waals surface area (Å²) in [4.78, 5) is 0. The monoisotopic (exact) mass is 1030 g/mol. The van der Waals surface area contributed by atoms with Crippen molar-refractivity contribution in [2.24, 2.45) is 0 Å². The minimum atomic E-state index is -0.847. The van der Waals surface area contributed by atoms with Gasteiger partial charge in [0.1, 0.15) is 67.7 Å². The lowest BCUT2D eigenvalue weighted by Crippen LogP contribution is -2.28. The van der Waals surface area contributed by atoms with Crippen molar-refractivity contribution in [3.63, 3.8) is 0 Å². The van der Waals surface area contributed by atoms with Crippen LogP contribution in [0.4, 0.5) is 0 Å². The Labute approximate surface area is 459 Å². The quantitative estimate of drug-likeness (QED) is 0.0858. The van der Waals surface area contributed by atoms with Gasteiger partial charge in [-0.15, -0.1) is 0 Å². The molecular formula is C71H68O7. The molecule has 4 aliphatic carbocycles. The summed E-state index contributed by atoms with van der Waals surface area (Å²) in [7, 11) is 0. The summed E-state index contributed by atoms with van der Waals surface area (Å²) in [5.74, 6) is 3.61. The van der Waals surface area contributed by atoms with Crippen molar-refractivity contribution in [2.75, 3.05) is 39.6 Å². The molecule has 78 heavy (non-hydrogen) atoms. The molecule has 8 aromatic carbocycles. The Morgan fingerprint density at radius 2 is 0.731 bits per heavy atom. The van der Waals surface area contributed by atoms with Crippen molar-refractivity contribution in [1.82, 2.24) is 0 Å². The van der Waals surface area contributed by atoms with Gasteiger partial charge in [-0.2, -0.15) is 0 Å². The largest absolute Gasteiger partial charge is 0.491 e. The molecule has 1 N–H and O–H groups in total. The summed E-state index contributed by atoms with van der Waals surface area (Å²) in [5.41, 5.74) is 18.5. The molecule has 7 heteroatoms. The molecule has 6 unspecified atom stereocenters. The van der Waals surface area contributed by atoms with E-state index in [0.29, 0.717) is 24.7 Å². The van der Waals surface area contributed by atoms with E-state index in [1.54, 1.807) is 0 Å². The molecule has 6 atom stereocenters. The number of aliphatic hydroxyl groups excluding tert-OH is 1. The molecule has 394 valence electrons. The van der Waals surface area contributed by atoms with Crippen LogP contribution in [0.5, 0.6) is 23.0 Å². The van der Waals surface area contributed by atoms with E-state index in [0.717, 1.165) is 63.2 Å². The van der Waals surface area contributed by atoms with Gasteiger partial charge in [0.05, 0.1) is 13.2 Å².